The second kappa shape index (κ2) is 15.4. The number of rotatable bonds is 13. The number of aryl methyl sites for hydroxylation is 1. The van der Waals surface area contributed by atoms with E-state index < -0.39 is 23.5 Å². The standard InChI is InChI=1S/C34H47NO5S/c1-23-11-9-10-14-27(23)29-22-25(16-18-28(29)31(36)35-30(32(37)38)19-20-41-5)21-26(33(39)40-34(2,3)4)17-15-24-12-7-6-8-13-24/h9-11,14,16,18,22,24,26,30H,6-8,12-13,15,17,19-21H2,1-5H3,(H,35,36)(H,37,38)/p-1. The summed E-state index contributed by atoms with van der Waals surface area (Å²) < 4.78 is 5.84. The number of amides is 1. The van der Waals surface area contributed by atoms with Crippen LogP contribution in [0.15, 0.2) is 42.5 Å². The van der Waals surface area contributed by atoms with Crippen molar-refractivity contribution in [2.75, 3.05) is 12.0 Å². The van der Waals surface area contributed by atoms with E-state index in [1.807, 2.05) is 70.3 Å². The van der Waals surface area contributed by atoms with Gasteiger partial charge in [-0.2, -0.15) is 11.8 Å². The Labute approximate surface area is 250 Å². The van der Waals surface area contributed by atoms with Gasteiger partial charge < -0.3 is 20.0 Å². The molecule has 1 fully saturated rings. The van der Waals surface area contributed by atoms with E-state index in [-0.39, 0.29) is 18.3 Å². The Morgan fingerprint density at radius 3 is 2.37 bits per heavy atom. The highest BCUT2D eigenvalue weighted by molar-refractivity contribution is 7.98. The Balaban J connectivity index is 1.93. The van der Waals surface area contributed by atoms with Gasteiger partial charge in [-0.1, -0.05) is 68.5 Å². The molecule has 0 heterocycles. The molecule has 1 saturated carbocycles. The monoisotopic (exact) mass is 580 g/mol. The molecule has 0 saturated heterocycles. The molecule has 0 bridgehead atoms. The van der Waals surface area contributed by atoms with Crippen LogP contribution >= 0.6 is 11.8 Å². The molecule has 41 heavy (non-hydrogen) atoms. The Kier molecular flexibility index (Phi) is 12.3. The molecular formula is C34H46NO5S-. The minimum Gasteiger partial charge on any atom is -0.548 e. The molecule has 0 aliphatic heterocycles. The van der Waals surface area contributed by atoms with Crippen LogP contribution in [0.25, 0.3) is 11.1 Å². The lowest BCUT2D eigenvalue weighted by Gasteiger charge is -2.27. The summed E-state index contributed by atoms with van der Waals surface area (Å²) in [6.07, 6.45) is 10.8. The summed E-state index contributed by atoms with van der Waals surface area (Å²) in [4.78, 5) is 38.5. The zero-order valence-corrected chi connectivity index (χ0v) is 26.1. The number of ether oxygens (including phenoxy) is 1. The molecule has 0 radical (unpaired) electrons. The maximum absolute atomic E-state index is 13.4. The van der Waals surface area contributed by atoms with Crippen LogP contribution in [0.3, 0.4) is 0 Å². The lowest BCUT2D eigenvalue weighted by Crippen LogP contribution is -2.48. The largest absolute Gasteiger partial charge is 0.548 e. The zero-order valence-electron chi connectivity index (χ0n) is 25.3. The van der Waals surface area contributed by atoms with E-state index in [2.05, 4.69) is 5.32 Å². The highest BCUT2D eigenvalue weighted by Crippen LogP contribution is 2.32. The third-order valence-corrected chi connectivity index (χ3v) is 8.48. The maximum Gasteiger partial charge on any atom is 0.309 e. The Bertz CT molecular complexity index is 1180. The number of esters is 1. The van der Waals surface area contributed by atoms with Crippen LogP contribution in [0.4, 0.5) is 0 Å². The van der Waals surface area contributed by atoms with E-state index >= 15 is 0 Å². The molecule has 0 spiro atoms. The predicted molar refractivity (Wildman–Crippen MR) is 165 cm³/mol. The third kappa shape index (κ3) is 10.2. The summed E-state index contributed by atoms with van der Waals surface area (Å²) in [7, 11) is 0. The minimum absolute atomic E-state index is 0.182. The number of aliphatic carboxylic acids is 1. The lowest BCUT2D eigenvalue weighted by atomic mass is 9.82. The van der Waals surface area contributed by atoms with Gasteiger partial charge in [0.2, 0.25) is 0 Å². The highest BCUT2D eigenvalue weighted by Gasteiger charge is 2.28. The van der Waals surface area contributed by atoms with Crippen LogP contribution in [-0.4, -0.2) is 41.5 Å². The van der Waals surface area contributed by atoms with Crippen LogP contribution < -0.4 is 10.4 Å². The van der Waals surface area contributed by atoms with Gasteiger partial charge >= 0.3 is 5.97 Å². The zero-order chi connectivity index (χ0) is 30.0. The summed E-state index contributed by atoms with van der Waals surface area (Å²) in [6, 6.07) is 12.4. The number of nitrogens with one attached hydrogen (secondary N) is 1. The molecule has 1 aliphatic carbocycles. The molecule has 2 atom stereocenters. The average Bonchev–Trinajstić information content (AvgIpc) is 2.92. The van der Waals surface area contributed by atoms with Gasteiger partial charge in [0.05, 0.1) is 17.9 Å². The summed E-state index contributed by atoms with van der Waals surface area (Å²) >= 11 is 1.52. The number of hydrogen-bond acceptors (Lipinski definition) is 6. The summed E-state index contributed by atoms with van der Waals surface area (Å²) in [5.41, 5.74) is 3.38. The van der Waals surface area contributed by atoms with Gasteiger partial charge in [-0.15, -0.1) is 0 Å². The summed E-state index contributed by atoms with van der Waals surface area (Å²) in [5.74, 6) is -0.960. The molecule has 6 nitrogen and oxygen atoms in total. The molecule has 0 aromatic heterocycles. The van der Waals surface area contributed by atoms with Crippen molar-refractivity contribution in [3.05, 3.63) is 59.2 Å². The van der Waals surface area contributed by atoms with Gasteiger partial charge in [0.1, 0.15) is 5.60 Å². The van der Waals surface area contributed by atoms with Crippen molar-refractivity contribution in [2.24, 2.45) is 11.8 Å². The van der Waals surface area contributed by atoms with Crippen LogP contribution in [0.1, 0.15) is 93.6 Å². The summed E-state index contributed by atoms with van der Waals surface area (Å²) in [6.45, 7) is 7.67. The van der Waals surface area contributed by atoms with E-state index in [0.717, 1.165) is 35.1 Å². The van der Waals surface area contributed by atoms with Crippen LogP contribution in [0.5, 0.6) is 0 Å². The smallest absolute Gasteiger partial charge is 0.309 e. The molecule has 7 heteroatoms. The molecule has 3 rings (SSSR count). The average molecular weight is 581 g/mol. The van der Waals surface area contributed by atoms with Crippen molar-refractivity contribution in [1.82, 2.24) is 5.32 Å². The Morgan fingerprint density at radius 1 is 1.02 bits per heavy atom. The van der Waals surface area contributed by atoms with Gasteiger partial charge in [-0.25, -0.2) is 0 Å². The molecule has 2 aromatic rings. The van der Waals surface area contributed by atoms with Crippen LogP contribution in [0.2, 0.25) is 0 Å². The first-order valence-corrected chi connectivity index (χ1v) is 16.3. The third-order valence-electron chi connectivity index (χ3n) is 7.83. The van der Waals surface area contributed by atoms with Gasteiger partial charge in [-0.3, -0.25) is 9.59 Å². The fraction of sp³-hybridized carbons (Fsp3) is 0.559. The van der Waals surface area contributed by atoms with E-state index in [1.54, 1.807) is 6.07 Å². The first-order valence-electron chi connectivity index (χ1n) is 14.9. The van der Waals surface area contributed by atoms with E-state index in [1.165, 1.54) is 43.9 Å². The van der Waals surface area contributed by atoms with E-state index in [0.29, 0.717) is 23.7 Å². The van der Waals surface area contributed by atoms with E-state index in [4.69, 9.17) is 4.74 Å². The topological polar surface area (TPSA) is 95.5 Å². The Morgan fingerprint density at radius 2 is 1.73 bits per heavy atom. The van der Waals surface area contributed by atoms with Gasteiger partial charge in [0, 0.05) is 5.56 Å². The first-order chi connectivity index (χ1) is 19.5. The fourth-order valence-electron chi connectivity index (χ4n) is 5.62. The molecule has 1 amide bonds. The number of benzene rings is 2. The maximum atomic E-state index is 13.4. The quantitative estimate of drug-likeness (QED) is 0.287. The van der Waals surface area contributed by atoms with E-state index in [9.17, 15) is 19.5 Å². The van der Waals surface area contributed by atoms with Gasteiger partial charge in [-0.05, 0) is 99.6 Å². The predicted octanol–water partition coefficient (Wildman–Crippen LogP) is 6.12. The molecular weight excluding hydrogens is 534 g/mol. The van der Waals surface area contributed by atoms with Crippen molar-refractivity contribution < 1.29 is 24.2 Å². The molecule has 224 valence electrons. The molecule has 2 aromatic carbocycles. The number of carboxylic acid groups (broad SMARTS) is 1. The van der Waals surface area contributed by atoms with Gasteiger partial charge in [0.15, 0.2) is 0 Å². The Hall–Kier alpha value is -2.80. The first kappa shape index (κ1) is 32.7. The second-order valence-electron chi connectivity index (χ2n) is 12.3. The minimum atomic E-state index is -1.29. The fourth-order valence-corrected chi connectivity index (χ4v) is 6.09. The van der Waals surface area contributed by atoms with Crippen molar-refractivity contribution in [3.8, 4) is 11.1 Å². The highest BCUT2D eigenvalue weighted by atomic mass is 32.2. The SMILES string of the molecule is CSCCC(NC(=O)c1ccc(CC(CCC2CCCCC2)C(=O)OC(C)(C)C)cc1-c1ccccc1C)C(=O)[O-]. The molecule has 2 unspecified atom stereocenters. The summed E-state index contributed by atoms with van der Waals surface area (Å²) in [5, 5.41) is 14.4. The number of hydrogen-bond donors (Lipinski definition) is 1. The number of carboxylic acids is 1. The number of thioether (sulfide) groups is 1. The number of carbonyl (C=O) groups is 3. The second-order valence-corrected chi connectivity index (χ2v) is 13.3. The van der Waals surface area contributed by atoms with Crippen molar-refractivity contribution >= 4 is 29.6 Å². The molecule has 1 N–H and O–H groups in total. The van der Waals surface area contributed by atoms with Crippen molar-refractivity contribution in [1.29, 1.82) is 0 Å². The van der Waals surface area contributed by atoms with Crippen LogP contribution in [0, 0.1) is 18.8 Å². The van der Waals surface area contributed by atoms with Crippen molar-refractivity contribution in [3.63, 3.8) is 0 Å². The van der Waals surface area contributed by atoms with Crippen LogP contribution in [-0.2, 0) is 20.7 Å². The number of carbonyl (C=O) groups excluding carboxylic acids is 3. The van der Waals surface area contributed by atoms with Gasteiger partial charge in [0.25, 0.3) is 5.91 Å². The lowest BCUT2D eigenvalue weighted by molar-refractivity contribution is -0.308. The molecule has 1 aliphatic rings. The van der Waals surface area contributed by atoms with Crippen molar-refractivity contribution in [2.45, 2.75) is 97.1 Å². The normalized spacial score (nSPS) is 15.6.